The molecule has 240 valence electrons. The SMILES string of the molecule is Cc1ccccc1C(=O)N1CCC(C(=O)N[C@H](Cc2c[nH]c3ccccc23)C(=O)N2C[C@@H](CN(C)C)Cc3cc(Cl)ccc32)CC1. The Kier molecular flexibility index (Phi) is 9.47. The van der Waals surface area contributed by atoms with E-state index in [1.54, 1.807) is 0 Å². The summed E-state index contributed by atoms with van der Waals surface area (Å²) in [7, 11) is 4.08. The van der Waals surface area contributed by atoms with Crippen molar-refractivity contribution in [1.29, 1.82) is 0 Å². The standard InChI is InChI=1S/C37H42ClN5O3/c1-24-8-4-5-9-30(24)36(45)42-16-14-26(15-17-42)35(44)40-33(20-28-21-39-32-11-7-6-10-31(28)32)37(46)43-23-25(22-41(2)3)18-27-19-29(38)12-13-34(27)43/h4-13,19,21,25-26,33,39H,14-18,20,22-23H2,1-3H3,(H,40,44)/t25-,33-/m1/s1. The average Bonchev–Trinajstić information content (AvgIpc) is 3.46. The first-order chi connectivity index (χ1) is 22.2. The number of carbonyl (C=O) groups excluding carboxylic acids is 3. The van der Waals surface area contributed by atoms with Gasteiger partial charge in [0.25, 0.3) is 5.91 Å². The molecular weight excluding hydrogens is 598 g/mol. The molecule has 1 fully saturated rings. The molecule has 4 aromatic rings. The van der Waals surface area contributed by atoms with E-state index in [1.165, 1.54) is 0 Å². The zero-order valence-electron chi connectivity index (χ0n) is 26.8. The van der Waals surface area contributed by atoms with Crippen molar-refractivity contribution in [2.75, 3.05) is 45.2 Å². The molecule has 3 amide bonds. The molecule has 46 heavy (non-hydrogen) atoms. The summed E-state index contributed by atoms with van der Waals surface area (Å²) in [4.78, 5) is 50.8. The first-order valence-electron chi connectivity index (χ1n) is 16.1. The number of fused-ring (bicyclic) bond motifs is 2. The largest absolute Gasteiger partial charge is 0.361 e. The van der Waals surface area contributed by atoms with Gasteiger partial charge < -0.3 is 25.0 Å². The van der Waals surface area contributed by atoms with Crippen LogP contribution in [0.4, 0.5) is 5.69 Å². The Bertz CT molecular complexity index is 1740. The Hall–Kier alpha value is -4.14. The Labute approximate surface area is 275 Å². The maximum absolute atomic E-state index is 14.6. The maximum Gasteiger partial charge on any atom is 0.254 e. The van der Waals surface area contributed by atoms with Gasteiger partial charge in [-0.3, -0.25) is 14.4 Å². The van der Waals surface area contributed by atoms with Gasteiger partial charge in [0.15, 0.2) is 0 Å². The molecule has 1 aromatic heterocycles. The molecular formula is C37H42ClN5O3. The molecule has 0 radical (unpaired) electrons. The van der Waals surface area contributed by atoms with Crippen LogP contribution in [0.15, 0.2) is 72.9 Å². The highest BCUT2D eigenvalue weighted by molar-refractivity contribution is 6.30. The highest BCUT2D eigenvalue weighted by atomic mass is 35.5. The number of hydrogen-bond acceptors (Lipinski definition) is 4. The number of benzene rings is 3. The van der Waals surface area contributed by atoms with Crippen molar-refractivity contribution in [3.05, 3.63) is 100 Å². The topological polar surface area (TPSA) is 88.8 Å². The van der Waals surface area contributed by atoms with E-state index in [4.69, 9.17) is 11.6 Å². The summed E-state index contributed by atoms with van der Waals surface area (Å²) in [6.07, 6.45) is 4.22. The number of nitrogens with one attached hydrogen (secondary N) is 2. The van der Waals surface area contributed by atoms with Crippen LogP contribution in [-0.2, 0) is 22.4 Å². The molecule has 3 aromatic carbocycles. The average molecular weight is 640 g/mol. The third-order valence-corrected chi connectivity index (χ3v) is 9.65. The second-order valence-electron chi connectivity index (χ2n) is 13.1. The van der Waals surface area contributed by atoms with Gasteiger partial charge in [-0.25, -0.2) is 0 Å². The van der Waals surface area contributed by atoms with Gasteiger partial charge in [-0.15, -0.1) is 0 Å². The minimum atomic E-state index is -0.764. The first kappa shape index (κ1) is 31.8. The number of nitrogens with zero attached hydrogens (tertiary/aromatic N) is 3. The number of likely N-dealkylation sites (tertiary alicyclic amines) is 1. The molecule has 0 saturated carbocycles. The molecule has 2 atom stereocenters. The molecule has 0 aliphatic carbocycles. The minimum Gasteiger partial charge on any atom is -0.361 e. The van der Waals surface area contributed by atoms with Gasteiger partial charge in [-0.1, -0.05) is 48.0 Å². The molecule has 8 nitrogen and oxygen atoms in total. The minimum absolute atomic E-state index is 0.000457. The molecule has 6 rings (SSSR count). The monoisotopic (exact) mass is 639 g/mol. The van der Waals surface area contributed by atoms with E-state index in [9.17, 15) is 14.4 Å². The maximum atomic E-state index is 14.6. The zero-order chi connectivity index (χ0) is 32.4. The van der Waals surface area contributed by atoms with Gasteiger partial charge in [0.2, 0.25) is 11.8 Å². The fourth-order valence-electron chi connectivity index (χ4n) is 7.09. The number of rotatable bonds is 8. The summed E-state index contributed by atoms with van der Waals surface area (Å²) in [5.74, 6) is -0.324. The summed E-state index contributed by atoms with van der Waals surface area (Å²) in [6.45, 7) is 4.33. The predicted molar refractivity (Wildman–Crippen MR) is 183 cm³/mol. The predicted octanol–water partition coefficient (Wildman–Crippen LogP) is 5.48. The molecule has 0 bridgehead atoms. The third kappa shape index (κ3) is 6.83. The van der Waals surface area contributed by atoms with Crippen LogP contribution in [0.1, 0.15) is 39.9 Å². The number of carbonyl (C=O) groups is 3. The Morgan fingerprint density at radius 3 is 2.52 bits per heavy atom. The van der Waals surface area contributed by atoms with Gasteiger partial charge in [0.1, 0.15) is 6.04 Å². The number of anilines is 1. The van der Waals surface area contributed by atoms with E-state index in [1.807, 2.05) is 104 Å². The smallest absolute Gasteiger partial charge is 0.254 e. The second kappa shape index (κ2) is 13.7. The molecule has 3 heterocycles. The van der Waals surface area contributed by atoms with Crippen LogP contribution in [0, 0.1) is 18.8 Å². The fraction of sp³-hybridized carbons (Fsp3) is 0.378. The number of aromatic nitrogens is 1. The van der Waals surface area contributed by atoms with E-state index >= 15 is 0 Å². The number of piperidine rings is 1. The normalized spacial score (nSPS) is 17.6. The summed E-state index contributed by atoms with van der Waals surface area (Å²) in [6, 6.07) is 20.6. The molecule has 2 aliphatic heterocycles. The summed E-state index contributed by atoms with van der Waals surface area (Å²) in [5.41, 5.74) is 5.51. The van der Waals surface area contributed by atoms with Crippen LogP contribution in [-0.4, -0.2) is 78.8 Å². The quantitative estimate of drug-likeness (QED) is 0.267. The molecule has 2 aliphatic rings. The van der Waals surface area contributed by atoms with Crippen molar-refractivity contribution < 1.29 is 14.4 Å². The lowest BCUT2D eigenvalue weighted by molar-refractivity contribution is -0.131. The van der Waals surface area contributed by atoms with Crippen molar-refractivity contribution in [3.8, 4) is 0 Å². The van der Waals surface area contributed by atoms with Crippen LogP contribution in [0.2, 0.25) is 5.02 Å². The van der Waals surface area contributed by atoms with E-state index < -0.39 is 6.04 Å². The van der Waals surface area contributed by atoms with Crippen LogP contribution < -0.4 is 10.2 Å². The van der Waals surface area contributed by atoms with Crippen molar-refractivity contribution in [2.45, 2.75) is 38.6 Å². The molecule has 0 spiro atoms. The van der Waals surface area contributed by atoms with Gasteiger partial charge in [0, 0.05) is 71.9 Å². The number of aryl methyl sites for hydroxylation is 1. The highest BCUT2D eigenvalue weighted by Crippen LogP contribution is 2.33. The summed E-state index contributed by atoms with van der Waals surface area (Å²) < 4.78 is 0. The molecule has 0 unspecified atom stereocenters. The zero-order valence-corrected chi connectivity index (χ0v) is 27.5. The lowest BCUT2D eigenvalue weighted by Crippen LogP contribution is -2.54. The molecule has 1 saturated heterocycles. The van der Waals surface area contributed by atoms with E-state index in [-0.39, 0.29) is 29.6 Å². The number of hydrogen-bond donors (Lipinski definition) is 2. The van der Waals surface area contributed by atoms with Gasteiger partial charge in [0.05, 0.1) is 0 Å². The van der Waals surface area contributed by atoms with Crippen LogP contribution in [0.3, 0.4) is 0 Å². The number of H-pyrrole nitrogens is 1. The number of halogens is 1. The third-order valence-electron chi connectivity index (χ3n) is 9.41. The van der Waals surface area contributed by atoms with Crippen molar-refractivity contribution in [1.82, 2.24) is 20.1 Å². The van der Waals surface area contributed by atoms with Crippen molar-refractivity contribution in [2.24, 2.45) is 11.8 Å². The van der Waals surface area contributed by atoms with Gasteiger partial charge in [-0.05, 0) is 93.2 Å². The highest BCUT2D eigenvalue weighted by Gasteiger charge is 2.36. The van der Waals surface area contributed by atoms with Crippen LogP contribution in [0.25, 0.3) is 10.9 Å². The Balaban J connectivity index is 1.23. The van der Waals surface area contributed by atoms with Crippen LogP contribution >= 0.6 is 11.6 Å². The number of para-hydroxylation sites is 1. The molecule has 2 N–H and O–H groups in total. The van der Waals surface area contributed by atoms with E-state index in [0.29, 0.717) is 49.5 Å². The Morgan fingerprint density at radius 1 is 1.02 bits per heavy atom. The van der Waals surface area contributed by atoms with E-state index in [0.717, 1.165) is 46.2 Å². The summed E-state index contributed by atoms with van der Waals surface area (Å²) >= 11 is 6.40. The van der Waals surface area contributed by atoms with Crippen molar-refractivity contribution >= 4 is 45.9 Å². The lowest BCUT2D eigenvalue weighted by Gasteiger charge is -2.38. The van der Waals surface area contributed by atoms with E-state index in [2.05, 4.69) is 15.2 Å². The summed E-state index contributed by atoms with van der Waals surface area (Å²) in [5, 5.41) is 4.87. The second-order valence-corrected chi connectivity index (χ2v) is 13.5. The van der Waals surface area contributed by atoms with Crippen LogP contribution in [0.5, 0.6) is 0 Å². The van der Waals surface area contributed by atoms with Gasteiger partial charge >= 0.3 is 0 Å². The lowest BCUT2D eigenvalue weighted by atomic mass is 9.90. The number of aromatic amines is 1. The fourth-order valence-corrected chi connectivity index (χ4v) is 7.28. The van der Waals surface area contributed by atoms with Gasteiger partial charge in [-0.2, -0.15) is 0 Å². The number of amides is 3. The first-order valence-corrected chi connectivity index (χ1v) is 16.5. The van der Waals surface area contributed by atoms with Crippen molar-refractivity contribution in [3.63, 3.8) is 0 Å². The molecule has 9 heteroatoms. The Morgan fingerprint density at radius 2 is 1.76 bits per heavy atom.